The van der Waals surface area contributed by atoms with E-state index >= 15 is 0 Å². The topological polar surface area (TPSA) is 60.9 Å². The number of hydrogen-bond acceptors (Lipinski definition) is 3. The number of nitrogens with zero attached hydrogens (tertiary/aromatic N) is 2. The summed E-state index contributed by atoms with van der Waals surface area (Å²) in [6.07, 6.45) is 1.59. The molecule has 0 aliphatic carbocycles. The van der Waals surface area contributed by atoms with Gasteiger partial charge in [0, 0.05) is 19.5 Å². The fourth-order valence-corrected chi connectivity index (χ4v) is 2.96. The van der Waals surface area contributed by atoms with Crippen molar-refractivity contribution in [1.29, 1.82) is 0 Å². The van der Waals surface area contributed by atoms with Crippen molar-refractivity contribution in [3.8, 4) is 0 Å². The Morgan fingerprint density at radius 3 is 2.67 bits per heavy atom. The smallest absolute Gasteiger partial charge is 0.246 e. The number of hydrogen-bond donors (Lipinski definition) is 1. The lowest BCUT2D eigenvalue weighted by molar-refractivity contribution is -0.156. The first-order valence-corrected chi connectivity index (χ1v) is 5.47. The molecule has 2 amide bonds. The first-order valence-electron chi connectivity index (χ1n) is 5.47. The van der Waals surface area contributed by atoms with Gasteiger partial charge in [0.15, 0.2) is 0 Å². The van der Waals surface area contributed by atoms with Gasteiger partial charge in [-0.2, -0.15) is 0 Å². The SMILES string of the molecule is O=C1[C@@H]2C[C@@H](O)CN2C(=O)[C@@H]2CCCN12. The molecule has 0 saturated carbocycles. The van der Waals surface area contributed by atoms with Gasteiger partial charge in [-0.15, -0.1) is 0 Å². The van der Waals surface area contributed by atoms with Gasteiger partial charge in [0.2, 0.25) is 11.8 Å². The fraction of sp³-hybridized carbons (Fsp3) is 0.800. The average Bonchev–Trinajstić information content (AvgIpc) is 2.79. The molecule has 15 heavy (non-hydrogen) atoms. The molecule has 0 bridgehead atoms. The second-order valence-corrected chi connectivity index (χ2v) is 4.59. The van der Waals surface area contributed by atoms with Crippen LogP contribution in [0.2, 0.25) is 0 Å². The third-order valence-electron chi connectivity index (χ3n) is 3.67. The van der Waals surface area contributed by atoms with Crippen LogP contribution in [0.4, 0.5) is 0 Å². The molecule has 5 nitrogen and oxygen atoms in total. The van der Waals surface area contributed by atoms with Crippen molar-refractivity contribution in [3.63, 3.8) is 0 Å². The molecule has 3 rings (SSSR count). The molecule has 1 N–H and O–H groups in total. The van der Waals surface area contributed by atoms with Gasteiger partial charge >= 0.3 is 0 Å². The first-order chi connectivity index (χ1) is 7.18. The van der Waals surface area contributed by atoms with Crippen molar-refractivity contribution >= 4 is 11.8 Å². The molecule has 0 radical (unpaired) electrons. The first kappa shape index (κ1) is 9.15. The minimum absolute atomic E-state index is 0.0358. The van der Waals surface area contributed by atoms with Crippen LogP contribution in [-0.2, 0) is 9.59 Å². The highest BCUT2D eigenvalue weighted by molar-refractivity contribution is 5.98. The van der Waals surface area contributed by atoms with Gasteiger partial charge in [0.25, 0.3) is 0 Å². The molecule has 3 atom stereocenters. The zero-order valence-electron chi connectivity index (χ0n) is 8.43. The molecule has 3 saturated heterocycles. The van der Waals surface area contributed by atoms with Crippen LogP contribution in [0, 0.1) is 0 Å². The standard InChI is InChI=1S/C10H14N2O3/c13-6-4-8-10(15)11-3-1-2-7(11)9(14)12(8)5-6/h6-8,13H,1-5H2/t6-,7+,8+/m1/s1. The third kappa shape index (κ3) is 1.13. The van der Waals surface area contributed by atoms with E-state index in [1.165, 1.54) is 0 Å². The molecule has 3 aliphatic rings. The number of rotatable bonds is 0. The summed E-state index contributed by atoms with van der Waals surface area (Å²) in [6.45, 7) is 1.04. The van der Waals surface area contributed by atoms with E-state index in [0.717, 1.165) is 12.8 Å². The summed E-state index contributed by atoms with van der Waals surface area (Å²) in [7, 11) is 0. The quantitative estimate of drug-likeness (QED) is 0.555. The van der Waals surface area contributed by atoms with Crippen molar-refractivity contribution in [2.24, 2.45) is 0 Å². The molecule has 3 aliphatic heterocycles. The van der Waals surface area contributed by atoms with E-state index in [1.807, 2.05) is 0 Å². The van der Waals surface area contributed by atoms with E-state index in [0.29, 0.717) is 19.5 Å². The van der Waals surface area contributed by atoms with Gasteiger partial charge in [-0.1, -0.05) is 0 Å². The van der Waals surface area contributed by atoms with Gasteiger partial charge in [0.1, 0.15) is 12.1 Å². The van der Waals surface area contributed by atoms with Crippen molar-refractivity contribution in [2.45, 2.75) is 37.5 Å². The van der Waals surface area contributed by atoms with Gasteiger partial charge in [-0.05, 0) is 12.8 Å². The summed E-state index contributed by atoms with van der Waals surface area (Å²) < 4.78 is 0. The van der Waals surface area contributed by atoms with Crippen LogP contribution in [0.5, 0.6) is 0 Å². The van der Waals surface area contributed by atoms with E-state index in [9.17, 15) is 14.7 Å². The lowest BCUT2D eigenvalue weighted by Gasteiger charge is -2.38. The van der Waals surface area contributed by atoms with Gasteiger partial charge in [-0.3, -0.25) is 9.59 Å². The van der Waals surface area contributed by atoms with Gasteiger partial charge < -0.3 is 14.9 Å². The Labute approximate surface area is 87.6 Å². The van der Waals surface area contributed by atoms with Crippen LogP contribution < -0.4 is 0 Å². The number of fused-ring (bicyclic) bond motifs is 2. The zero-order valence-corrected chi connectivity index (χ0v) is 8.43. The van der Waals surface area contributed by atoms with Crippen molar-refractivity contribution < 1.29 is 14.7 Å². The maximum Gasteiger partial charge on any atom is 0.246 e. The number of piperazine rings is 1. The zero-order chi connectivity index (χ0) is 10.6. The highest BCUT2D eigenvalue weighted by atomic mass is 16.3. The molecular formula is C10H14N2O3. The van der Waals surface area contributed by atoms with E-state index in [1.54, 1.807) is 9.80 Å². The largest absolute Gasteiger partial charge is 0.391 e. The Bertz CT molecular complexity index is 301. The molecule has 0 unspecified atom stereocenters. The minimum Gasteiger partial charge on any atom is -0.391 e. The highest BCUT2D eigenvalue weighted by Gasteiger charge is 2.51. The normalized spacial score (nSPS) is 39.7. The summed E-state index contributed by atoms with van der Waals surface area (Å²) in [6, 6.07) is -0.624. The number of aliphatic hydroxyl groups excluding tert-OH is 1. The Morgan fingerprint density at radius 2 is 1.87 bits per heavy atom. The lowest BCUT2D eigenvalue weighted by atomic mass is 10.1. The molecular weight excluding hydrogens is 196 g/mol. The molecule has 82 valence electrons. The fourth-order valence-electron chi connectivity index (χ4n) is 2.96. The monoisotopic (exact) mass is 210 g/mol. The average molecular weight is 210 g/mol. The second kappa shape index (κ2) is 2.95. The van der Waals surface area contributed by atoms with E-state index in [4.69, 9.17) is 0 Å². The number of carbonyl (C=O) groups excluding carboxylic acids is 2. The highest BCUT2D eigenvalue weighted by Crippen LogP contribution is 2.31. The lowest BCUT2D eigenvalue weighted by Crippen LogP contribution is -2.60. The van der Waals surface area contributed by atoms with Crippen molar-refractivity contribution in [2.75, 3.05) is 13.1 Å². The maximum absolute atomic E-state index is 12.0. The molecule has 0 spiro atoms. The number of aliphatic hydroxyl groups is 1. The molecule has 3 fully saturated rings. The molecule has 5 heteroatoms. The van der Waals surface area contributed by atoms with E-state index in [2.05, 4.69) is 0 Å². The van der Waals surface area contributed by atoms with Gasteiger partial charge in [0.05, 0.1) is 6.10 Å². The second-order valence-electron chi connectivity index (χ2n) is 4.59. The molecule has 0 aromatic heterocycles. The maximum atomic E-state index is 12.0. The van der Waals surface area contributed by atoms with Crippen molar-refractivity contribution in [3.05, 3.63) is 0 Å². The predicted molar refractivity (Wildman–Crippen MR) is 50.9 cm³/mol. The third-order valence-corrected chi connectivity index (χ3v) is 3.67. The van der Waals surface area contributed by atoms with Crippen LogP contribution in [0.1, 0.15) is 19.3 Å². The van der Waals surface area contributed by atoms with Crippen LogP contribution >= 0.6 is 0 Å². The summed E-state index contributed by atoms with van der Waals surface area (Å²) in [5, 5.41) is 9.49. The van der Waals surface area contributed by atoms with Crippen molar-refractivity contribution in [1.82, 2.24) is 9.80 Å². The molecule has 0 aromatic rings. The van der Waals surface area contributed by atoms with Crippen LogP contribution in [0.25, 0.3) is 0 Å². The number of carbonyl (C=O) groups is 2. The van der Waals surface area contributed by atoms with Crippen LogP contribution in [0.3, 0.4) is 0 Å². The molecule has 3 heterocycles. The van der Waals surface area contributed by atoms with Crippen LogP contribution in [-0.4, -0.2) is 58.0 Å². The predicted octanol–water partition coefficient (Wildman–Crippen LogP) is -1.05. The summed E-state index contributed by atoms with van der Waals surface area (Å²) in [5.74, 6) is 0.0716. The summed E-state index contributed by atoms with van der Waals surface area (Å²) in [5.41, 5.74) is 0. The molecule has 0 aromatic carbocycles. The Morgan fingerprint density at radius 1 is 1.13 bits per heavy atom. The number of amides is 2. The van der Waals surface area contributed by atoms with Gasteiger partial charge in [-0.25, -0.2) is 0 Å². The minimum atomic E-state index is -0.525. The summed E-state index contributed by atoms with van der Waals surface area (Å²) >= 11 is 0. The van der Waals surface area contributed by atoms with E-state index < -0.39 is 6.10 Å². The Kier molecular flexibility index (Phi) is 1.80. The van der Waals surface area contributed by atoms with E-state index in [-0.39, 0.29) is 23.9 Å². The van der Waals surface area contributed by atoms with Crippen LogP contribution in [0.15, 0.2) is 0 Å². The summed E-state index contributed by atoms with van der Waals surface area (Å²) in [4.78, 5) is 27.3. The Balaban J connectivity index is 1.93. The Hall–Kier alpha value is -1.10.